The van der Waals surface area contributed by atoms with Crippen molar-refractivity contribution in [2.75, 3.05) is 0 Å². The van der Waals surface area contributed by atoms with Gasteiger partial charge in [-0.2, -0.15) is 0 Å². The van der Waals surface area contributed by atoms with E-state index in [-0.39, 0.29) is 5.41 Å². The first-order valence-electron chi connectivity index (χ1n) is 17.3. The summed E-state index contributed by atoms with van der Waals surface area (Å²) in [6.07, 6.45) is 0. The molecule has 0 saturated heterocycles. The second-order valence-corrected chi connectivity index (χ2v) is 14.0. The van der Waals surface area contributed by atoms with Crippen molar-refractivity contribution in [2.24, 2.45) is 0 Å². The molecule has 0 N–H and O–H groups in total. The van der Waals surface area contributed by atoms with Crippen LogP contribution in [-0.4, -0.2) is 0 Å². The Labute approximate surface area is 286 Å². The van der Waals surface area contributed by atoms with Crippen molar-refractivity contribution in [1.82, 2.24) is 0 Å². The molecule has 1 aliphatic rings. The molecular formula is C49H34. The third-order valence-electron chi connectivity index (χ3n) is 11.0. The largest absolute Gasteiger partial charge is 0.0616 e. The van der Waals surface area contributed by atoms with Crippen LogP contribution >= 0.6 is 0 Å². The van der Waals surface area contributed by atoms with Crippen molar-refractivity contribution >= 4 is 43.1 Å². The fourth-order valence-corrected chi connectivity index (χ4v) is 8.83. The fraction of sp³-hybridized carbons (Fsp3) is 0.0612. The number of benzene rings is 9. The third kappa shape index (κ3) is 4.11. The van der Waals surface area contributed by atoms with E-state index in [1.165, 1.54) is 98.7 Å². The van der Waals surface area contributed by atoms with Gasteiger partial charge in [0.2, 0.25) is 0 Å². The van der Waals surface area contributed by atoms with Crippen LogP contribution in [0, 0.1) is 0 Å². The van der Waals surface area contributed by atoms with Crippen LogP contribution in [0.25, 0.3) is 87.6 Å². The lowest BCUT2D eigenvalue weighted by Gasteiger charge is -2.24. The molecule has 1 aliphatic carbocycles. The van der Waals surface area contributed by atoms with Crippen LogP contribution in [0.4, 0.5) is 0 Å². The Morgan fingerprint density at radius 1 is 0.327 bits per heavy atom. The lowest BCUT2D eigenvalue weighted by Crippen LogP contribution is -2.15. The summed E-state index contributed by atoms with van der Waals surface area (Å²) in [6, 6.07) is 63.1. The molecule has 0 heteroatoms. The second-order valence-electron chi connectivity index (χ2n) is 14.0. The number of fused-ring (bicyclic) bond motifs is 8. The van der Waals surface area contributed by atoms with E-state index in [2.05, 4.69) is 184 Å². The lowest BCUT2D eigenvalue weighted by molar-refractivity contribution is 0.666. The third-order valence-corrected chi connectivity index (χ3v) is 11.0. The molecule has 10 rings (SSSR count). The molecule has 49 heavy (non-hydrogen) atoms. The Morgan fingerprint density at radius 3 is 1.49 bits per heavy atom. The molecule has 0 spiro atoms. The Bertz CT molecular complexity index is 2730. The van der Waals surface area contributed by atoms with Gasteiger partial charge in [-0.1, -0.05) is 172 Å². The first-order chi connectivity index (χ1) is 24.1. The van der Waals surface area contributed by atoms with Gasteiger partial charge in [-0.05, 0) is 111 Å². The maximum absolute atomic E-state index is 2.49. The van der Waals surface area contributed by atoms with Crippen LogP contribution in [0.5, 0.6) is 0 Å². The van der Waals surface area contributed by atoms with Crippen LogP contribution in [0.15, 0.2) is 170 Å². The first-order valence-corrected chi connectivity index (χ1v) is 17.3. The van der Waals surface area contributed by atoms with Crippen LogP contribution < -0.4 is 0 Å². The van der Waals surface area contributed by atoms with Crippen LogP contribution in [0.2, 0.25) is 0 Å². The quantitative estimate of drug-likeness (QED) is 0.172. The Hall–Kier alpha value is -5.98. The predicted octanol–water partition coefficient (Wildman–Crippen LogP) is 13.6. The van der Waals surface area contributed by atoms with Gasteiger partial charge >= 0.3 is 0 Å². The summed E-state index contributed by atoms with van der Waals surface area (Å²) >= 11 is 0. The van der Waals surface area contributed by atoms with Crippen LogP contribution in [-0.2, 0) is 5.41 Å². The zero-order valence-electron chi connectivity index (χ0n) is 27.7. The first kappa shape index (κ1) is 28.1. The summed E-state index contributed by atoms with van der Waals surface area (Å²) in [5, 5.41) is 10.3. The minimum Gasteiger partial charge on any atom is -0.0616 e. The Morgan fingerprint density at radius 2 is 0.816 bits per heavy atom. The number of hydrogen-bond donors (Lipinski definition) is 0. The average molecular weight is 623 g/mol. The van der Waals surface area contributed by atoms with Crippen molar-refractivity contribution < 1.29 is 0 Å². The van der Waals surface area contributed by atoms with Crippen LogP contribution in [0.3, 0.4) is 0 Å². The molecule has 0 bridgehead atoms. The minimum absolute atomic E-state index is 0.116. The maximum atomic E-state index is 2.49. The monoisotopic (exact) mass is 622 g/mol. The molecule has 9 aromatic rings. The molecule has 0 aliphatic heterocycles. The molecule has 0 saturated carbocycles. The molecular weight excluding hydrogens is 589 g/mol. The Kier molecular flexibility index (Phi) is 6.02. The summed E-state index contributed by atoms with van der Waals surface area (Å²) in [5.41, 5.74) is 13.0. The van der Waals surface area contributed by atoms with Gasteiger partial charge in [-0.25, -0.2) is 0 Å². The highest BCUT2D eigenvalue weighted by atomic mass is 14.4. The summed E-state index contributed by atoms with van der Waals surface area (Å²) in [6.45, 7) is 4.80. The molecule has 0 nitrogen and oxygen atoms in total. The zero-order valence-corrected chi connectivity index (χ0v) is 27.7. The van der Waals surface area contributed by atoms with Gasteiger partial charge in [0.15, 0.2) is 0 Å². The highest BCUT2D eigenvalue weighted by Crippen LogP contribution is 2.53. The standard InChI is InChI=1S/C49H34/c1-49(2)45-30-35(26-27-39(45)44-28-25-32-14-4-6-19-38(32)48(44)49)47-42-22-9-7-20-40(42)46(41-21-8-10-23-43(41)47)34-17-11-16-33(29-34)37-24-12-15-31-13-3-5-18-36(31)37/h3-30H,1-2H3. The van der Waals surface area contributed by atoms with Crippen molar-refractivity contribution in [2.45, 2.75) is 19.3 Å². The van der Waals surface area contributed by atoms with Gasteiger partial charge in [0.05, 0.1) is 0 Å². The topological polar surface area (TPSA) is 0 Å². The summed E-state index contributed by atoms with van der Waals surface area (Å²) in [4.78, 5) is 0. The van der Waals surface area contributed by atoms with E-state index in [0.29, 0.717) is 0 Å². The summed E-state index contributed by atoms with van der Waals surface area (Å²) < 4.78 is 0. The minimum atomic E-state index is -0.116. The van der Waals surface area contributed by atoms with E-state index in [1.54, 1.807) is 0 Å². The van der Waals surface area contributed by atoms with E-state index in [0.717, 1.165) is 0 Å². The van der Waals surface area contributed by atoms with Gasteiger partial charge in [0.25, 0.3) is 0 Å². The molecule has 0 atom stereocenters. The van der Waals surface area contributed by atoms with Gasteiger partial charge in [-0.3, -0.25) is 0 Å². The smallest absolute Gasteiger partial charge is 0.0165 e. The lowest BCUT2D eigenvalue weighted by atomic mass is 9.79. The van der Waals surface area contributed by atoms with Gasteiger partial charge in [0.1, 0.15) is 0 Å². The number of rotatable bonds is 3. The Balaban J connectivity index is 1.20. The second kappa shape index (κ2) is 10.5. The molecule has 0 amide bonds. The SMILES string of the molecule is CC1(C)c2cc(-c3c4ccccc4c(-c4cccc(-c5cccc6ccccc56)c4)c4ccccc34)ccc2-c2ccc3ccccc3c21. The van der Waals surface area contributed by atoms with Gasteiger partial charge in [0, 0.05) is 5.41 Å². The van der Waals surface area contributed by atoms with E-state index in [1.807, 2.05) is 0 Å². The molecule has 9 aromatic carbocycles. The average Bonchev–Trinajstić information content (AvgIpc) is 3.39. The van der Waals surface area contributed by atoms with Gasteiger partial charge < -0.3 is 0 Å². The van der Waals surface area contributed by atoms with E-state index < -0.39 is 0 Å². The van der Waals surface area contributed by atoms with Crippen LogP contribution in [0.1, 0.15) is 25.0 Å². The summed E-state index contributed by atoms with van der Waals surface area (Å²) in [7, 11) is 0. The van der Waals surface area contributed by atoms with Crippen molar-refractivity contribution in [3.05, 3.63) is 181 Å². The molecule has 0 fully saturated rings. The predicted molar refractivity (Wildman–Crippen MR) is 210 cm³/mol. The van der Waals surface area contributed by atoms with Crippen molar-refractivity contribution in [3.8, 4) is 44.5 Å². The highest BCUT2D eigenvalue weighted by Gasteiger charge is 2.37. The fourth-order valence-electron chi connectivity index (χ4n) is 8.83. The summed E-state index contributed by atoms with van der Waals surface area (Å²) in [5.74, 6) is 0. The van der Waals surface area contributed by atoms with E-state index in [9.17, 15) is 0 Å². The number of hydrogen-bond acceptors (Lipinski definition) is 0. The van der Waals surface area contributed by atoms with E-state index >= 15 is 0 Å². The van der Waals surface area contributed by atoms with Crippen molar-refractivity contribution in [3.63, 3.8) is 0 Å². The van der Waals surface area contributed by atoms with Crippen molar-refractivity contribution in [1.29, 1.82) is 0 Å². The highest BCUT2D eigenvalue weighted by molar-refractivity contribution is 6.21. The van der Waals surface area contributed by atoms with E-state index in [4.69, 9.17) is 0 Å². The molecule has 0 radical (unpaired) electrons. The normalized spacial score (nSPS) is 13.3. The maximum Gasteiger partial charge on any atom is 0.0165 e. The molecule has 0 unspecified atom stereocenters. The zero-order chi connectivity index (χ0) is 32.7. The molecule has 0 heterocycles. The molecule has 0 aromatic heterocycles. The van der Waals surface area contributed by atoms with Gasteiger partial charge in [-0.15, -0.1) is 0 Å². The molecule has 230 valence electrons.